The zero-order valence-corrected chi connectivity index (χ0v) is 17.1. The van der Waals surface area contributed by atoms with Gasteiger partial charge in [-0.2, -0.15) is 0 Å². The maximum absolute atomic E-state index is 12.5. The first-order chi connectivity index (χ1) is 11.6. The van der Waals surface area contributed by atoms with Gasteiger partial charge >= 0.3 is 0 Å². The van der Waals surface area contributed by atoms with Gasteiger partial charge in [-0.3, -0.25) is 14.5 Å². The number of carbonyl (C=O) groups is 2. The molecule has 0 aliphatic carbocycles. The average Bonchev–Trinajstić information content (AvgIpc) is 2.97. The van der Waals surface area contributed by atoms with E-state index in [0.717, 1.165) is 52.4 Å². The number of piperidine rings is 1. The fourth-order valence-corrected chi connectivity index (χ4v) is 3.73. The number of ether oxygens (including phenoxy) is 1. The topological polar surface area (TPSA) is 73.9 Å². The Kier molecular flexibility index (Phi) is 10.2. The summed E-state index contributed by atoms with van der Waals surface area (Å²) in [6, 6.07) is 0.184. The highest BCUT2D eigenvalue weighted by Gasteiger charge is 2.35. The second-order valence-electron chi connectivity index (χ2n) is 7.28. The molecule has 0 spiro atoms. The molecule has 3 unspecified atom stereocenters. The van der Waals surface area contributed by atoms with Crippen LogP contribution in [0.5, 0.6) is 0 Å². The second-order valence-corrected chi connectivity index (χ2v) is 7.28. The first-order valence-corrected chi connectivity index (χ1v) is 9.22. The molecule has 3 fully saturated rings. The summed E-state index contributed by atoms with van der Waals surface area (Å²) in [6.45, 7) is 9.57. The summed E-state index contributed by atoms with van der Waals surface area (Å²) < 4.78 is 5.34. The second kappa shape index (κ2) is 11.3. The molecule has 2 N–H and O–H groups in total. The van der Waals surface area contributed by atoms with Crippen molar-refractivity contribution in [1.29, 1.82) is 0 Å². The van der Waals surface area contributed by atoms with Crippen LogP contribution in [0.25, 0.3) is 0 Å². The number of hydrogen-bond acceptors (Lipinski definition) is 5. The van der Waals surface area contributed by atoms with Gasteiger partial charge in [0.25, 0.3) is 0 Å². The molecule has 0 saturated carbocycles. The quantitative estimate of drug-likeness (QED) is 0.673. The van der Waals surface area contributed by atoms with Crippen LogP contribution in [0.3, 0.4) is 0 Å². The largest absolute Gasteiger partial charge is 0.379 e. The average molecular weight is 411 g/mol. The zero-order valence-electron chi connectivity index (χ0n) is 15.4. The summed E-state index contributed by atoms with van der Waals surface area (Å²) in [6.07, 6.45) is 1.43. The van der Waals surface area contributed by atoms with Gasteiger partial charge in [0.2, 0.25) is 11.8 Å². The van der Waals surface area contributed by atoms with Crippen molar-refractivity contribution in [2.75, 3.05) is 59.0 Å². The Hall–Kier alpha value is -0.600. The van der Waals surface area contributed by atoms with Crippen molar-refractivity contribution in [2.24, 2.45) is 11.8 Å². The molecule has 0 bridgehead atoms. The Balaban J connectivity index is 0.00000169. The first kappa shape index (κ1) is 23.4. The fraction of sp³-hybridized carbons (Fsp3) is 0.882. The summed E-state index contributed by atoms with van der Waals surface area (Å²) in [7, 11) is 0. The van der Waals surface area contributed by atoms with Gasteiger partial charge < -0.3 is 20.3 Å². The van der Waals surface area contributed by atoms with Gasteiger partial charge in [-0.25, -0.2) is 0 Å². The highest BCUT2D eigenvalue weighted by molar-refractivity contribution is 5.89. The lowest BCUT2D eigenvalue weighted by atomic mass is 9.94. The van der Waals surface area contributed by atoms with Crippen molar-refractivity contribution < 1.29 is 14.3 Å². The molecule has 0 aromatic heterocycles. The van der Waals surface area contributed by atoms with Crippen molar-refractivity contribution in [3.05, 3.63) is 0 Å². The lowest BCUT2D eigenvalue weighted by molar-refractivity contribution is -0.129. The van der Waals surface area contributed by atoms with Crippen molar-refractivity contribution in [1.82, 2.24) is 20.4 Å². The van der Waals surface area contributed by atoms with E-state index in [4.69, 9.17) is 4.74 Å². The van der Waals surface area contributed by atoms with E-state index in [1.807, 2.05) is 4.90 Å². The van der Waals surface area contributed by atoms with Gasteiger partial charge in [0.1, 0.15) is 0 Å². The Morgan fingerprint density at radius 3 is 2.69 bits per heavy atom. The zero-order chi connectivity index (χ0) is 16.9. The fourth-order valence-electron chi connectivity index (χ4n) is 3.73. The first-order valence-electron chi connectivity index (χ1n) is 9.22. The monoisotopic (exact) mass is 410 g/mol. The van der Waals surface area contributed by atoms with Crippen LogP contribution in [-0.4, -0.2) is 86.7 Å². The molecule has 3 aliphatic rings. The van der Waals surface area contributed by atoms with E-state index in [-0.39, 0.29) is 48.6 Å². The number of nitrogens with one attached hydrogen (secondary N) is 2. The van der Waals surface area contributed by atoms with E-state index in [1.54, 1.807) is 0 Å². The number of halogens is 2. The summed E-state index contributed by atoms with van der Waals surface area (Å²) >= 11 is 0. The van der Waals surface area contributed by atoms with E-state index < -0.39 is 0 Å². The minimum absolute atomic E-state index is 0. The minimum Gasteiger partial charge on any atom is -0.379 e. The smallest absolute Gasteiger partial charge is 0.225 e. The van der Waals surface area contributed by atoms with Gasteiger partial charge in [0.15, 0.2) is 0 Å². The Labute approximate surface area is 168 Å². The van der Waals surface area contributed by atoms with Crippen molar-refractivity contribution in [2.45, 2.75) is 25.8 Å². The molecule has 152 valence electrons. The highest BCUT2D eigenvalue weighted by Crippen LogP contribution is 2.19. The lowest BCUT2D eigenvalue weighted by Gasteiger charge is -2.31. The molecule has 9 heteroatoms. The van der Waals surface area contributed by atoms with Crippen LogP contribution in [0.1, 0.15) is 19.8 Å². The number of nitrogens with zero attached hydrogens (tertiary/aromatic N) is 2. The van der Waals surface area contributed by atoms with Gasteiger partial charge in [-0.15, -0.1) is 24.8 Å². The molecule has 7 nitrogen and oxygen atoms in total. The molecular weight excluding hydrogens is 379 g/mol. The molecular formula is C17H32Cl2N4O3. The van der Waals surface area contributed by atoms with Crippen molar-refractivity contribution >= 4 is 36.6 Å². The number of hydrogen-bond donors (Lipinski definition) is 2. The van der Waals surface area contributed by atoms with Gasteiger partial charge in [-0.05, 0) is 18.9 Å². The molecule has 3 aliphatic heterocycles. The predicted molar refractivity (Wildman–Crippen MR) is 105 cm³/mol. The number of rotatable bonds is 5. The van der Waals surface area contributed by atoms with E-state index in [9.17, 15) is 9.59 Å². The van der Waals surface area contributed by atoms with Crippen LogP contribution in [0.4, 0.5) is 0 Å². The molecule has 0 radical (unpaired) electrons. The Bertz CT molecular complexity index is 463. The third-order valence-electron chi connectivity index (χ3n) is 5.53. The molecule has 3 heterocycles. The molecule has 26 heavy (non-hydrogen) atoms. The number of amides is 2. The van der Waals surface area contributed by atoms with Crippen LogP contribution in [-0.2, 0) is 14.3 Å². The summed E-state index contributed by atoms with van der Waals surface area (Å²) in [5, 5.41) is 6.48. The molecule has 0 aromatic rings. The van der Waals surface area contributed by atoms with Crippen LogP contribution in [0.2, 0.25) is 0 Å². The molecule has 3 saturated heterocycles. The van der Waals surface area contributed by atoms with E-state index >= 15 is 0 Å². The maximum atomic E-state index is 12.5. The van der Waals surface area contributed by atoms with Crippen LogP contribution in [0.15, 0.2) is 0 Å². The third kappa shape index (κ3) is 6.23. The predicted octanol–water partition coefficient (Wildman–Crippen LogP) is 0.125. The van der Waals surface area contributed by atoms with Crippen LogP contribution >= 0.6 is 24.8 Å². The van der Waals surface area contributed by atoms with E-state index in [0.29, 0.717) is 25.4 Å². The highest BCUT2D eigenvalue weighted by atomic mass is 35.5. The van der Waals surface area contributed by atoms with Crippen LogP contribution < -0.4 is 10.6 Å². The van der Waals surface area contributed by atoms with Crippen LogP contribution in [0, 0.1) is 11.8 Å². The number of likely N-dealkylation sites (tertiary alicyclic amines) is 1. The van der Waals surface area contributed by atoms with Crippen molar-refractivity contribution in [3.63, 3.8) is 0 Å². The maximum Gasteiger partial charge on any atom is 0.225 e. The Morgan fingerprint density at radius 1 is 1.27 bits per heavy atom. The van der Waals surface area contributed by atoms with Crippen molar-refractivity contribution in [3.8, 4) is 0 Å². The number of carbonyl (C=O) groups excluding carboxylic acids is 2. The molecule has 3 atom stereocenters. The van der Waals surface area contributed by atoms with E-state index in [2.05, 4.69) is 22.5 Å². The molecule has 0 aromatic carbocycles. The van der Waals surface area contributed by atoms with E-state index in [1.165, 1.54) is 0 Å². The SMILES string of the molecule is CC1CCNCC1NC(=O)C1CC(=O)N(CCN2CCOCC2)C1.Cl.Cl. The molecule has 3 rings (SSSR count). The lowest BCUT2D eigenvalue weighted by Crippen LogP contribution is -2.51. The van der Waals surface area contributed by atoms with Gasteiger partial charge in [-0.1, -0.05) is 6.92 Å². The minimum atomic E-state index is -0.198. The molecule has 2 amide bonds. The summed E-state index contributed by atoms with van der Waals surface area (Å²) in [5.74, 6) is 0.442. The van der Waals surface area contributed by atoms with Gasteiger partial charge in [0.05, 0.1) is 19.1 Å². The normalized spacial score (nSPS) is 29.7. The van der Waals surface area contributed by atoms with Gasteiger partial charge in [0, 0.05) is 51.7 Å². The summed E-state index contributed by atoms with van der Waals surface area (Å²) in [5.41, 5.74) is 0. The number of morpholine rings is 1. The Morgan fingerprint density at radius 2 is 2.00 bits per heavy atom. The third-order valence-corrected chi connectivity index (χ3v) is 5.53. The summed E-state index contributed by atoms with van der Waals surface area (Å²) in [4.78, 5) is 28.9. The standard InChI is InChI=1S/C17H30N4O3.2ClH/c1-13-2-3-18-11-15(13)19-17(23)14-10-16(22)21(12-14)5-4-20-6-8-24-9-7-20;;/h13-15,18H,2-12H2,1H3,(H,19,23);2*1H.